The van der Waals surface area contributed by atoms with Gasteiger partial charge in [0.25, 0.3) is 0 Å². The van der Waals surface area contributed by atoms with Crippen LogP contribution in [0.1, 0.15) is 23.1 Å². The van der Waals surface area contributed by atoms with E-state index in [0.717, 1.165) is 12.1 Å². The fraction of sp³-hybridized carbons (Fsp3) is 0.318. The second-order valence-corrected chi connectivity index (χ2v) is 9.39. The summed E-state index contributed by atoms with van der Waals surface area (Å²) in [6.45, 7) is 3.72. The van der Waals surface area contributed by atoms with Gasteiger partial charge in [0.1, 0.15) is 0 Å². The zero-order valence-corrected chi connectivity index (χ0v) is 17.7. The molecular formula is C22H18F7NO2S. The fourth-order valence-corrected chi connectivity index (χ4v) is 5.67. The zero-order chi connectivity index (χ0) is 24.7. The first-order chi connectivity index (χ1) is 15.3. The van der Waals surface area contributed by atoms with Crippen molar-refractivity contribution < 1.29 is 40.1 Å². The third-order valence-electron chi connectivity index (χ3n) is 5.66. The molecule has 0 N–H and O–H groups in total. The van der Waals surface area contributed by atoms with Crippen molar-refractivity contribution in [2.24, 2.45) is 0 Å². The Bertz CT molecular complexity index is 1010. The van der Waals surface area contributed by atoms with Gasteiger partial charge in [-0.25, -0.2) is 4.39 Å². The molecule has 3 nitrogen and oxygen atoms in total. The number of nitrogens with zero attached hydrogens (tertiary/aromatic N) is 1. The van der Waals surface area contributed by atoms with E-state index >= 15 is 0 Å². The first-order valence-electron chi connectivity index (χ1n) is 9.57. The molecule has 0 spiro atoms. The minimum absolute atomic E-state index is 0.0832. The second kappa shape index (κ2) is 8.68. The highest BCUT2D eigenvalue weighted by atomic mass is 32.2. The Morgan fingerprint density at radius 2 is 1.61 bits per heavy atom. The van der Waals surface area contributed by atoms with E-state index in [2.05, 4.69) is 6.58 Å². The van der Waals surface area contributed by atoms with Gasteiger partial charge in [0.2, 0.25) is 6.41 Å². The lowest BCUT2D eigenvalue weighted by atomic mass is 9.90. The molecule has 3 rings (SSSR count). The van der Waals surface area contributed by atoms with Gasteiger partial charge >= 0.3 is 18.0 Å². The van der Waals surface area contributed by atoms with Gasteiger partial charge in [-0.2, -0.15) is 26.3 Å². The molecule has 0 aliphatic carbocycles. The van der Waals surface area contributed by atoms with Crippen LogP contribution in [0.3, 0.4) is 0 Å². The topological polar surface area (TPSA) is 43.4 Å². The maximum atomic E-state index is 14.4. The SMILES string of the molecule is C=Cc1cccc([S+]([O-])C2(c3ccc(C(F)(C(F)(F)F)C(F)(F)F)cc3)CCN(C=O)C2)c1. The lowest BCUT2D eigenvalue weighted by molar-refractivity contribution is -0.348. The Labute approximate surface area is 188 Å². The van der Waals surface area contributed by atoms with Crippen LogP contribution in [0, 0.1) is 0 Å². The maximum absolute atomic E-state index is 14.4. The third kappa shape index (κ3) is 4.23. The predicted octanol–water partition coefficient (Wildman–Crippen LogP) is 5.48. The average molecular weight is 493 g/mol. The summed E-state index contributed by atoms with van der Waals surface area (Å²) in [6, 6.07) is 9.09. The largest absolute Gasteiger partial charge is 0.611 e. The van der Waals surface area contributed by atoms with Crippen molar-refractivity contribution in [1.82, 2.24) is 4.90 Å². The molecule has 1 heterocycles. The maximum Gasteiger partial charge on any atom is 0.435 e. The summed E-state index contributed by atoms with van der Waals surface area (Å²) in [5.74, 6) is 0. The summed E-state index contributed by atoms with van der Waals surface area (Å²) in [4.78, 5) is 13.0. The Kier molecular flexibility index (Phi) is 6.60. The monoisotopic (exact) mass is 493 g/mol. The number of benzene rings is 2. The standard InChI is InChI=1S/C22H18F7NO2S/c1-2-15-4-3-5-18(12-15)33(32)19(10-11-30(13-19)14-31)16-6-8-17(9-7-16)20(23,21(24,25)26)22(27,28)29/h2-9,12,14H,1,10-11,13H2. The van der Waals surface area contributed by atoms with Crippen LogP contribution in [-0.4, -0.2) is 41.3 Å². The van der Waals surface area contributed by atoms with Gasteiger partial charge in [-0.05, 0) is 22.8 Å². The summed E-state index contributed by atoms with van der Waals surface area (Å²) in [6.07, 6.45) is -10.3. The molecule has 1 aliphatic heterocycles. The molecular weight excluding hydrogens is 475 g/mol. The van der Waals surface area contributed by atoms with Gasteiger partial charge in [-0.1, -0.05) is 49.1 Å². The van der Waals surface area contributed by atoms with E-state index in [4.69, 9.17) is 0 Å². The molecule has 1 fully saturated rings. The van der Waals surface area contributed by atoms with E-state index < -0.39 is 39.5 Å². The Hall–Kier alpha value is -2.53. The lowest BCUT2D eigenvalue weighted by Crippen LogP contribution is -2.50. The van der Waals surface area contributed by atoms with Gasteiger partial charge in [0.15, 0.2) is 9.64 Å². The highest BCUT2D eigenvalue weighted by Crippen LogP contribution is 2.53. The minimum atomic E-state index is -6.24. The Morgan fingerprint density at radius 1 is 1.00 bits per heavy atom. The van der Waals surface area contributed by atoms with Crippen molar-refractivity contribution >= 4 is 23.7 Å². The summed E-state index contributed by atoms with van der Waals surface area (Å²) in [5.41, 5.74) is -6.42. The molecule has 2 atom stereocenters. The molecule has 2 aromatic carbocycles. The van der Waals surface area contributed by atoms with Gasteiger partial charge < -0.3 is 9.45 Å². The van der Waals surface area contributed by atoms with E-state index in [9.17, 15) is 40.1 Å². The van der Waals surface area contributed by atoms with Crippen LogP contribution in [0.4, 0.5) is 30.7 Å². The second-order valence-electron chi connectivity index (χ2n) is 7.60. The van der Waals surface area contributed by atoms with Crippen molar-refractivity contribution in [1.29, 1.82) is 0 Å². The van der Waals surface area contributed by atoms with Crippen LogP contribution in [0.5, 0.6) is 0 Å². The molecule has 0 aromatic heterocycles. The van der Waals surface area contributed by atoms with Crippen molar-refractivity contribution in [2.45, 2.75) is 34.1 Å². The minimum Gasteiger partial charge on any atom is -0.611 e. The summed E-state index contributed by atoms with van der Waals surface area (Å²) in [5, 5.41) is 0. The predicted molar refractivity (Wildman–Crippen MR) is 108 cm³/mol. The third-order valence-corrected chi connectivity index (χ3v) is 7.62. The molecule has 1 saturated heterocycles. The quantitative estimate of drug-likeness (QED) is 0.304. The normalized spacial score (nSPS) is 20.5. The van der Waals surface area contributed by atoms with Crippen molar-refractivity contribution in [3.63, 3.8) is 0 Å². The first-order valence-corrected chi connectivity index (χ1v) is 10.7. The highest BCUT2D eigenvalue weighted by Gasteiger charge is 2.73. The number of halogens is 7. The van der Waals surface area contributed by atoms with Crippen molar-refractivity contribution in [3.05, 3.63) is 71.8 Å². The Morgan fingerprint density at radius 3 is 2.09 bits per heavy atom. The summed E-state index contributed by atoms with van der Waals surface area (Å²) >= 11 is -1.85. The highest BCUT2D eigenvalue weighted by molar-refractivity contribution is 7.92. The van der Waals surface area contributed by atoms with Gasteiger partial charge in [0.05, 0.1) is 6.54 Å². The number of hydrogen-bond acceptors (Lipinski definition) is 2. The fourth-order valence-electron chi connectivity index (χ4n) is 3.87. The number of rotatable bonds is 6. The average Bonchev–Trinajstić information content (AvgIpc) is 3.22. The van der Waals surface area contributed by atoms with Crippen LogP contribution >= 0.6 is 0 Å². The number of carbonyl (C=O) groups is 1. The molecule has 2 aromatic rings. The van der Waals surface area contributed by atoms with Crippen molar-refractivity contribution in [2.75, 3.05) is 13.1 Å². The van der Waals surface area contributed by atoms with Crippen molar-refractivity contribution in [3.8, 4) is 0 Å². The van der Waals surface area contributed by atoms with Crippen LogP contribution in [0.25, 0.3) is 6.08 Å². The van der Waals surface area contributed by atoms with Gasteiger partial charge in [-0.3, -0.25) is 4.79 Å². The smallest absolute Gasteiger partial charge is 0.435 e. The number of hydrogen-bond donors (Lipinski definition) is 0. The lowest BCUT2D eigenvalue weighted by Gasteiger charge is -2.33. The van der Waals surface area contributed by atoms with Gasteiger partial charge in [0, 0.05) is 30.2 Å². The molecule has 1 aliphatic rings. The summed E-state index contributed by atoms with van der Waals surface area (Å²) < 4.78 is 105. The first kappa shape index (κ1) is 25.1. The molecule has 33 heavy (non-hydrogen) atoms. The van der Waals surface area contributed by atoms with Gasteiger partial charge in [-0.15, -0.1) is 0 Å². The molecule has 2 unspecified atom stereocenters. The van der Waals surface area contributed by atoms with E-state index in [1.807, 2.05) is 0 Å². The number of carbonyl (C=O) groups excluding carboxylic acids is 1. The van der Waals surface area contributed by atoms with E-state index in [1.165, 1.54) is 11.0 Å². The molecule has 178 valence electrons. The van der Waals surface area contributed by atoms with Crippen LogP contribution in [0.2, 0.25) is 0 Å². The van der Waals surface area contributed by atoms with Crippen LogP contribution in [-0.2, 0) is 26.4 Å². The van der Waals surface area contributed by atoms with Crippen LogP contribution < -0.4 is 0 Å². The molecule has 11 heteroatoms. The summed E-state index contributed by atoms with van der Waals surface area (Å²) in [7, 11) is 0. The van der Waals surface area contributed by atoms with E-state index in [-0.39, 0.29) is 25.1 Å². The van der Waals surface area contributed by atoms with E-state index in [1.54, 1.807) is 24.3 Å². The molecule has 0 radical (unpaired) electrons. The number of likely N-dealkylation sites (tertiary alicyclic amines) is 1. The molecule has 0 saturated carbocycles. The molecule has 1 amide bonds. The van der Waals surface area contributed by atoms with E-state index in [0.29, 0.717) is 29.0 Å². The number of alkyl halides is 7. The molecule has 0 bridgehead atoms. The zero-order valence-electron chi connectivity index (χ0n) is 16.9. The Balaban J connectivity index is 2.10. The van der Waals surface area contributed by atoms with Crippen LogP contribution in [0.15, 0.2) is 60.0 Å². The number of amides is 1.